The molecule has 2 nitrogen and oxygen atoms in total. The number of hydrogen-bond donors (Lipinski definition) is 0. The Morgan fingerprint density at radius 1 is 1.00 bits per heavy atom. The van der Waals surface area contributed by atoms with Crippen LogP contribution in [-0.2, 0) is 6.61 Å². The normalized spacial score (nSPS) is 10.8. The van der Waals surface area contributed by atoms with Gasteiger partial charge in [0.05, 0.1) is 5.02 Å². The maximum absolute atomic E-state index is 6.09. The molecule has 0 aliphatic heterocycles. The lowest BCUT2D eigenvalue weighted by Gasteiger charge is -2.03. The Morgan fingerprint density at radius 3 is 2.53 bits per heavy atom. The van der Waals surface area contributed by atoms with E-state index in [1.54, 1.807) is 12.1 Å². The van der Waals surface area contributed by atoms with Crippen molar-refractivity contribution in [3.63, 3.8) is 0 Å². The average Bonchev–Trinajstić information content (AvgIpc) is 2.83. The highest BCUT2D eigenvalue weighted by Crippen LogP contribution is 2.27. The maximum Gasteiger partial charge on any atom is 0.146 e. The topological polar surface area (TPSA) is 22.4 Å². The molecule has 0 spiro atoms. The zero-order chi connectivity index (χ0) is 13.2. The van der Waals surface area contributed by atoms with E-state index in [0.717, 1.165) is 22.5 Å². The molecular weight excluding hydrogens is 283 g/mol. The van der Waals surface area contributed by atoms with E-state index in [1.807, 2.05) is 36.4 Å². The Balaban J connectivity index is 1.78. The summed E-state index contributed by atoms with van der Waals surface area (Å²) in [5.41, 5.74) is 0.766. The summed E-state index contributed by atoms with van der Waals surface area (Å²) in [6, 6.07) is 14.7. The molecule has 0 saturated carbocycles. The number of fused-ring (bicyclic) bond motifs is 1. The van der Waals surface area contributed by atoms with Gasteiger partial charge in [0.25, 0.3) is 0 Å². The van der Waals surface area contributed by atoms with E-state index in [9.17, 15) is 0 Å². The molecule has 2 aromatic carbocycles. The molecule has 3 rings (SSSR count). The fourth-order valence-electron chi connectivity index (χ4n) is 1.83. The summed E-state index contributed by atoms with van der Waals surface area (Å²) in [7, 11) is 0. The van der Waals surface area contributed by atoms with Crippen molar-refractivity contribution in [2.75, 3.05) is 0 Å². The van der Waals surface area contributed by atoms with Gasteiger partial charge >= 0.3 is 0 Å². The van der Waals surface area contributed by atoms with Crippen molar-refractivity contribution >= 4 is 34.2 Å². The molecule has 4 heteroatoms. The molecule has 0 N–H and O–H groups in total. The van der Waals surface area contributed by atoms with E-state index < -0.39 is 0 Å². The van der Waals surface area contributed by atoms with Gasteiger partial charge in [-0.05, 0) is 42.5 Å². The zero-order valence-electron chi connectivity index (χ0n) is 9.90. The lowest BCUT2D eigenvalue weighted by atomic mass is 10.2. The van der Waals surface area contributed by atoms with Gasteiger partial charge in [-0.15, -0.1) is 0 Å². The van der Waals surface area contributed by atoms with Crippen LogP contribution in [0.1, 0.15) is 5.76 Å². The fraction of sp³-hybridized carbons (Fsp3) is 0.0667. The molecule has 0 aliphatic carbocycles. The highest BCUT2D eigenvalue weighted by atomic mass is 35.5. The number of halogens is 2. The molecule has 0 atom stereocenters. The van der Waals surface area contributed by atoms with Gasteiger partial charge in [-0.3, -0.25) is 0 Å². The molecule has 3 aromatic rings. The summed E-state index contributed by atoms with van der Waals surface area (Å²) < 4.78 is 11.3. The van der Waals surface area contributed by atoms with E-state index in [-0.39, 0.29) is 0 Å². The summed E-state index contributed by atoms with van der Waals surface area (Å²) in [5, 5.41) is 2.26. The number of ether oxygens (including phenoxy) is 1. The monoisotopic (exact) mass is 292 g/mol. The van der Waals surface area contributed by atoms with Crippen molar-refractivity contribution in [3.8, 4) is 5.75 Å². The van der Waals surface area contributed by atoms with Crippen LogP contribution in [0.3, 0.4) is 0 Å². The molecule has 96 valence electrons. The largest absolute Gasteiger partial charge is 0.486 e. The molecular formula is C15H10Cl2O2. The molecule has 0 unspecified atom stereocenters. The molecule has 0 saturated heterocycles. The second-order valence-corrected chi connectivity index (χ2v) is 4.95. The highest BCUT2D eigenvalue weighted by molar-refractivity contribution is 6.35. The second kappa shape index (κ2) is 5.16. The summed E-state index contributed by atoms with van der Waals surface area (Å²) in [6.07, 6.45) is 0. The molecule has 0 bridgehead atoms. The summed E-state index contributed by atoms with van der Waals surface area (Å²) >= 11 is 11.9. The van der Waals surface area contributed by atoms with Crippen LogP contribution in [0.15, 0.2) is 52.9 Å². The molecule has 0 amide bonds. The first kappa shape index (κ1) is 12.4. The Bertz CT molecular complexity index is 702. The Hall–Kier alpha value is -1.64. The fourth-order valence-corrected chi connectivity index (χ4v) is 2.18. The predicted octanol–water partition coefficient (Wildman–Crippen LogP) is 5.32. The van der Waals surface area contributed by atoms with Crippen molar-refractivity contribution in [2.24, 2.45) is 0 Å². The van der Waals surface area contributed by atoms with Crippen LogP contribution in [0, 0.1) is 0 Å². The number of rotatable bonds is 3. The van der Waals surface area contributed by atoms with Crippen molar-refractivity contribution in [3.05, 3.63) is 64.3 Å². The van der Waals surface area contributed by atoms with Gasteiger partial charge in [-0.1, -0.05) is 29.3 Å². The number of benzene rings is 2. The van der Waals surface area contributed by atoms with Crippen LogP contribution in [0.4, 0.5) is 0 Å². The highest BCUT2D eigenvalue weighted by Gasteiger charge is 2.07. The first-order valence-corrected chi connectivity index (χ1v) is 6.53. The third-order valence-corrected chi connectivity index (χ3v) is 3.34. The minimum Gasteiger partial charge on any atom is -0.486 e. The van der Waals surface area contributed by atoms with Crippen LogP contribution in [0.5, 0.6) is 5.75 Å². The molecule has 0 radical (unpaired) electrons. The van der Waals surface area contributed by atoms with Gasteiger partial charge in [0.2, 0.25) is 0 Å². The maximum atomic E-state index is 6.09. The van der Waals surface area contributed by atoms with Crippen molar-refractivity contribution < 1.29 is 9.15 Å². The smallest absolute Gasteiger partial charge is 0.146 e. The van der Waals surface area contributed by atoms with E-state index in [4.69, 9.17) is 32.4 Å². The first-order valence-electron chi connectivity index (χ1n) is 5.78. The summed E-state index contributed by atoms with van der Waals surface area (Å²) in [6.45, 7) is 0.354. The second-order valence-electron chi connectivity index (χ2n) is 4.11. The zero-order valence-corrected chi connectivity index (χ0v) is 11.4. The summed E-state index contributed by atoms with van der Waals surface area (Å²) in [4.78, 5) is 0. The molecule has 1 heterocycles. The van der Waals surface area contributed by atoms with Crippen LogP contribution < -0.4 is 4.74 Å². The minimum absolute atomic E-state index is 0.354. The number of hydrogen-bond acceptors (Lipinski definition) is 2. The van der Waals surface area contributed by atoms with Crippen molar-refractivity contribution in [1.29, 1.82) is 0 Å². The van der Waals surface area contributed by atoms with Gasteiger partial charge < -0.3 is 9.15 Å². The van der Waals surface area contributed by atoms with E-state index in [0.29, 0.717) is 16.7 Å². The SMILES string of the molecule is Clc1ccc(OCc2cc3c(Cl)cccc3o2)cc1. The van der Waals surface area contributed by atoms with E-state index >= 15 is 0 Å². The standard InChI is InChI=1S/C15H10Cl2O2/c16-10-4-6-11(7-5-10)18-9-12-8-13-14(17)2-1-3-15(13)19-12/h1-8H,9H2. The Kier molecular flexibility index (Phi) is 3.36. The molecule has 19 heavy (non-hydrogen) atoms. The Morgan fingerprint density at radius 2 is 1.79 bits per heavy atom. The quantitative estimate of drug-likeness (QED) is 0.652. The lowest BCUT2D eigenvalue weighted by Crippen LogP contribution is -1.92. The van der Waals surface area contributed by atoms with Crippen molar-refractivity contribution in [1.82, 2.24) is 0 Å². The lowest BCUT2D eigenvalue weighted by molar-refractivity contribution is 0.274. The van der Waals surface area contributed by atoms with E-state index in [1.165, 1.54) is 0 Å². The van der Waals surface area contributed by atoms with E-state index in [2.05, 4.69) is 0 Å². The predicted molar refractivity (Wildman–Crippen MR) is 77.0 cm³/mol. The third kappa shape index (κ3) is 2.70. The van der Waals surface area contributed by atoms with Gasteiger partial charge in [-0.25, -0.2) is 0 Å². The molecule has 0 fully saturated rings. The average molecular weight is 293 g/mol. The van der Waals surface area contributed by atoms with Gasteiger partial charge in [0.15, 0.2) is 0 Å². The molecule has 0 aliphatic rings. The van der Waals surface area contributed by atoms with Gasteiger partial charge in [0.1, 0.15) is 23.7 Å². The number of furan rings is 1. The van der Waals surface area contributed by atoms with Crippen molar-refractivity contribution in [2.45, 2.75) is 6.61 Å². The third-order valence-electron chi connectivity index (χ3n) is 2.75. The molecule has 1 aromatic heterocycles. The summed E-state index contributed by atoms with van der Waals surface area (Å²) in [5.74, 6) is 1.48. The van der Waals surface area contributed by atoms with Gasteiger partial charge in [-0.2, -0.15) is 0 Å². The van der Waals surface area contributed by atoms with Crippen LogP contribution >= 0.6 is 23.2 Å². The van der Waals surface area contributed by atoms with Crippen LogP contribution in [0.25, 0.3) is 11.0 Å². The Labute approximate surface area is 120 Å². The van der Waals surface area contributed by atoms with Gasteiger partial charge in [0, 0.05) is 10.4 Å². The van der Waals surface area contributed by atoms with Crippen LogP contribution in [0.2, 0.25) is 10.0 Å². The first-order chi connectivity index (χ1) is 9.22. The minimum atomic E-state index is 0.354. The van der Waals surface area contributed by atoms with Crippen LogP contribution in [-0.4, -0.2) is 0 Å².